The number of aldehydes is 1. The molecule has 120 valence electrons. The van der Waals surface area contributed by atoms with Crippen molar-refractivity contribution in [1.29, 1.82) is 0 Å². The standard InChI is InChI=1S/C20H15F2NO/c21-18-12-16-7-9-17(23-20(16)13-19(18)22)8-6-15-4-1-3-14(11-15)5-2-10-24/h1,3-4,6-13H,2,5H2. The van der Waals surface area contributed by atoms with Crippen LogP contribution in [0.2, 0.25) is 0 Å². The average molecular weight is 323 g/mol. The van der Waals surface area contributed by atoms with E-state index in [1.54, 1.807) is 12.1 Å². The Morgan fingerprint density at radius 3 is 2.62 bits per heavy atom. The first kappa shape index (κ1) is 16.0. The van der Waals surface area contributed by atoms with Gasteiger partial charge in [0.15, 0.2) is 11.6 Å². The van der Waals surface area contributed by atoms with Crippen molar-refractivity contribution in [3.63, 3.8) is 0 Å². The fraction of sp³-hybridized carbons (Fsp3) is 0.100. The summed E-state index contributed by atoms with van der Waals surface area (Å²) < 4.78 is 26.5. The molecule has 3 rings (SSSR count). The maximum atomic E-state index is 13.3. The molecule has 0 saturated heterocycles. The Kier molecular flexibility index (Phi) is 4.75. The third-order valence-corrected chi connectivity index (χ3v) is 3.70. The summed E-state index contributed by atoms with van der Waals surface area (Å²) in [7, 11) is 0. The minimum absolute atomic E-state index is 0.413. The van der Waals surface area contributed by atoms with Crippen molar-refractivity contribution in [1.82, 2.24) is 4.98 Å². The maximum Gasteiger partial charge on any atom is 0.161 e. The summed E-state index contributed by atoms with van der Waals surface area (Å²) in [5.41, 5.74) is 3.15. The lowest BCUT2D eigenvalue weighted by atomic mass is 10.1. The third kappa shape index (κ3) is 3.71. The molecular weight excluding hydrogens is 308 g/mol. The van der Waals surface area contributed by atoms with Gasteiger partial charge in [-0.25, -0.2) is 13.8 Å². The van der Waals surface area contributed by atoms with Crippen LogP contribution in [-0.4, -0.2) is 11.3 Å². The first-order valence-corrected chi connectivity index (χ1v) is 7.62. The van der Waals surface area contributed by atoms with Gasteiger partial charge in [-0.1, -0.05) is 36.4 Å². The van der Waals surface area contributed by atoms with E-state index in [1.165, 1.54) is 0 Å². The number of benzene rings is 2. The van der Waals surface area contributed by atoms with Crippen LogP contribution in [-0.2, 0) is 11.2 Å². The second-order valence-corrected chi connectivity index (χ2v) is 5.48. The van der Waals surface area contributed by atoms with Gasteiger partial charge >= 0.3 is 0 Å². The van der Waals surface area contributed by atoms with Crippen molar-refractivity contribution in [2.24, 2.45) is 0 Å². The number of pyridine rings is 1. The molecule has 0 atom stereocenters. The van der Waals surface area contributed by atoms with E-state index in [4.69, 9.17) is 0 Å². The topological polar surface area (TPSA) is 30.0 Å². The zero-order valence-corrected chi connectivity index (χ0v) is 12.9. The molecule has 24 heavy (non-hydrogen) atoms. The van der Waals surface area contributed by atoms with Gasteiger partial charge in [-0.15, -0.1) is 0 Å². The SMILES string of the molecule is O=CCCc1cccc(C=Cc2ccc3cc(F)c(F)cc3n2)c1. The van der Waals surface area contributed by atoms with E-state index in [0.29, 0.717) is 29.4 Å². The number of nitrogens with zero attached hydrogens (tertiary/aromatic N) is 1. The smallest absolute Gasteiger partial charge is 0.161 e. The van der Waals surface area contributed by atoms with Crippen LogP contribution in [0.4, 0.5) is 8.78 Å². The highest BCUT2D eigenvalue weighted by Crippen LogP contribution is 2.18. The number of hydrogen-bond acceptors (Lipinski definition) is 2. The summed E-state index contributed by atoms with van der Waals surface area (Å²) in [6.45, 7) is 0. The molecule has 0 spiro atoms. The van der Waals surface area contributed by atoms with Crippen molar-refractivity contribution in [3.8, 4) is 0 Å². The molecule has 0 unspecified atom stereocenters. The van der Waals surface area contributed by atoms with Crippen molar-refractivity contribution in [2.45, 2.75) is 12.8 Å². The number of halogens is 2. The summed E-state index contributed by atoms with van der Waals surface area (Å²) >= 11 is 0. The number of rotatable bonds is 5. The van der Waals surface area contributed by atoms with E-state index in [-0.39, 0.29) is 0 Å². The van der Waals surface area contributed by atoms with Crippen molar-refractivity contribution >= 4 is 29.3 Å². The summed E-state index contributed by atoms with van der Waals surface area (Å²) in [6.07, 6.45) is 5.84. The molecule has 0 amide bonds. The largest absolute Gasteiger partial charge is 0.303 e. The molecule has 0 saturated carbocycles. The number of carbonyl (C=O) groups is 1. The normalized spacial score (nSPS) is 11.2. The Labute approximate surface area is 138 Å². The minimum atomic E-state index is -0.904. The summed E-state index contributed by atoms with van der Waals surface area (Å²) in [5, 5.41) is 0.557. The van der Waals surface area contributed by atoms with Crippen LogP contribution in [0.15, 0.2) is 48.5 Å². The Bertz CT molecular complexity index is 919. The van der Waals surface area contributed by atoms with Gasteiger partial charge < -0.3 is 4.79 Å². The molecule has 0 bridgehead atoms. The number of aromatic nitrogens is 1. The number of fused-ring (bicyclic) bond motifs is 1. The van der Waals surface area contributed by atoms with E-state index in [2.05, 4.69) is 4.98 Å². The Morgan fingerprint density at radius 1 is 0.958 bits per heavy atom. The van der Waals surface area contributed by atoms with Crippen LogP contribution in [0, 0.1) is 11.6 Å². The Morgan fingerprint density at radius 2 is 1.79 bits per heavy atom. The lowest BCUT2D eigenvalue weighted by molar-refractivity contribution is -0.107. The molecule has 0 aliphatic rings. The van der Waals surface area contributed by atoms with Gasteiger partial charge in [-0.2, -0.15) is 0 Å². The minimum Gasteiger partial charge on any atom is -0.303 e. The third-order valence-electron chi connectivity index (χ3n) is 3.70. The molecule has 3 aromatic rings. The van der Waals surface area contributed by atoms with Crippen molar-refractivity contribution in [3.05, 3.63) is 77.0 Å². The molecule has 4 heteroatoms. The zero-order valence-electron chi connectivity index (χ0n) is 12.9. The van der Waals surface area contributed by atoms with Gasteiger partial charge in [0.1, 0.15) is 6.29 Å². The maximum absolute atomic E-state index is 13.3. The van der Waals surface area contributed by atoms with Gasteiger partial charge in [0, 0.05) is 17.9 Å². The van der Waals surface area contributed by atoms with Crippen LogP contribution in [0.3, 0.4) is 0 Å². The van der Waals surface area contributed by atoms with Crippen molar-refractivity contribution in [2.75, 3.05) is 0 Å². The van der Waals surface area contributed by atoms with Crippen molar-refractivity contribution < 1.29 is 13.6 Å². The fourth-order valence-electron chi connectivity index (χ4n) is 2.49. The predicted octanol–water partition coefficient (Wildman–Crippen LogP) is 4.81. The highest BCUT2D eigenvalue weighted by molar-refractivity contribution is 5.81. The molecule has 0 N–H and O–H groups in total. The van der Waals surface area contributed by atoms with Gasteiger partial charge in [-0.3, -0.25) is 0 Å². The average Bonchev–Trinajstić information content (AvgIpc) is 2.59. The Balaban J connectivity index is 1.85. The lowest BCUT2D eigenvalue weighted by Crippen LogP contribution is -1.89. The molecular formula is C20H15F2NO. The van der Waals surface area contributed by atoms with Crippen LogP contribution in [0.25, 0.3) is 23.1 Å². The van der Waals surface area contributed by atoms with Crippen LogP contribution in [0.5, 0.6) is 0 Å². The summed E-state index contributed by atoms with van der Waals surface area (Å²) in [4.78, 5) is 14.8. The summed E-state index contributed by atoms with van der Waals surface area (Å²) in [5.74, 6) is -1.78. The van der Waals surface area contributed by atoms with Gasteiger partial charge in [0.05, 0.1) is 11.2 Å². The number of hydrogen-bond donors (Lipinski definition) is 0. The molecule has 0 fully saturated rings. The number of aryl methyl sites for hydroxylation is 1. The first-order valence-electron chi connectivity index (χ1n) is 7.62. The molecule has 0 radical (unpaired) electrons. The molecule has 2 nitrogen and oxygen atoms in total. The van der Waals surface area contributed by atoms with Crippen LogP contribution in [0.1, 0.15) is 23.2 Å². The first-order chi connectivity index (χ1) is 11.7. The predicted molar refractivity (Wildman–Crippen MR) is 91.4 cm³/mol. The van der Waals surface area contributed by atoms with Crippen LogP contribution >= 0.6 is 0 Å². The molecule has 1 heterocycles. The summed E-state index contributed by atoms with van der Waals surface area (Å²) in [6, 6.07) is 13.6. The van der Waals surface area contributed by atoms with Gasteiger partial charge in [-0.05, 0) is 35.8 Å². The highest BCUT2D eigenvalue weighted by atomic mass is 19.2. The second-order valence-electron chi connectivity index (χ2n) is 5.48. The quantitative estimate of drug-likeness (QED) is 0.630. The van der Waals surface area contributed by atoms with Gasteiger partial charge in [0.2, 0.25) is 0 Å². The molecule has 0 aliphatic carbocycles. The van der Waals surface area contributed by atoms with Gasteiger partial charge in [0.25, 0.3) is 0 Å². The lowest BCUT2D eigenvalue weighted by Gasteiger charge is -2.02. The monoisotopic (exact) mass is 323 g/mol. The van der Waals surface area contributed by atoms with Crippen LogP contribution < -0.4 is 0 Å². The molecule has 1 aromatic heterocycles. The number of carbonyl (C=O) groups excluding carboxylic acids is 1. The fourth-order valence-corrected chi connectivity index (χ4v) is 2.49. The van der Waals surface area contributed by atoms with E-state index in [9.17, 15) is 13.6 Å². The van der Waals surface area contributed by atoms with E-state index >= 15 is 0 Å². The zero-order chi connectivity index (χ0) is 16.9. The molecule has 2 aromatic carbocycles. The Hall–Kier alpha value is -2.88. The second kappa shape index (κ2) is 7.13. The van der Waals surface area contributed by atoms with E-state index < -0.39 is 11.6 Å². The van der Waals surface area contributed by atoms with E-state index in [1.807, 2.05) is 36.4 Å². The van der Waals surface area contributed by atoms with E-state index in [0.717, 1.165) is 29.5 Å². The molecule has 0 aliphatic heterocycles. The highest BCUT2D eigenvalue weighted by Gasteiger charge is 2.05.